The first-order valence-electron chi connectivity index (χ1n) is 9.69. The Morgan fingerprint density at radius 3 is 2.47 bits per heavy atom. The number of nitrogen functional groups attached to an aromatic ring is 1. The number of carbonyl (C=O) groups excluding carboxylic acids is 1. The summed E-state index contributed by atoms with van der Waals surface area (Å²) in [7, 11) is -1.94. The Labute approximate surface area is 185 Å². The van der Waals surface area contributed by atoms with E-state index >= 15 is 0 Å². The quantitative estimate of drug-likeness (QED) is 0.348. The average molecular weight is 448 g/mol. The number of nitrogens with zero attached hydrogens (tertiary/aromatic N) is 3. The van der Waals surface area contributed by atoms with E-state index in [-0.39, 0.29) is 10.8 Å². The Bertz CT molecular complexity index is 1400. The van der Waals surface area contributed by atoms with E-state index in [1.165, 1.54) is 24.5 Å². The minimum Gasteiger partial charge on any atom is -0.397 e. The maximum absolute atomic E-state index is 12.9. The second kappa shape index (κ2) is 8.56. The summed E-state index contributed by atoms with van der Waals surface area (Å²) in [5, 5.41) is 6.81. The van der Waals surface area contributed by atoms with Crippen LogP contribution < -0.4 is 11.1 Å². The molecular weight excluding hydrogens is 426 g/mol. The van der Waals surface area contributed by atoms with Gasteiger partial charge < -0.3 is 11.1 Å². The Kier molecular flexibility index (Phi) is 5.65. The van der Waals surface area contributed by atoms with E-state index in [0.29, 0.717) is 16.9 Å². The van der Waals surface area contributed by atoms with Crippen LogP contribution in [-0.4, -0.2) is 28.1 Å². The molecule has 0 spiro atoms. The SMILES string of the molecule is Cn1cc(-c2ccc(S(=O)(=O)n3ccc(C=CC(=O)Nc4ccccc4N)c3)cc2)cn1. The molecule has 3 N–H and O–H groups in total. The van der Waals surface area contributed by atoms with Gasteiger partial charge in [0.2, 0.25) is 5.91 Å². The number of benzene rings is 2. The average Bonchev–Trinajstić information content (AvgIpc) is 3.44. The lowest BCUT2D eigenvalue weighted by molar-refractivity contribution is -0.111. The van der Waals surface area contributed by atoms with Gasteiger partial charge >= 0.3 is 0 Å². The highest BCUT2D eigenvalue weighted by Gasteiger charge is 2.16. The monoisotopic (exact) mass is 447 g/mol. The van der Waals surface area contributed by atoms with Crippen LogP contribution in [-0.2, 0) is 21.9 Å². The number of aromatic nitrogens is 3. The van der Waals surface area contributed by atoms with Crippen LogP contribution in [0.5, 0.6) is 0 Å². The van der Waals surface area contributed by atoms with E-state index in [1.54, 1.807) is 65.5 Å². The molecule has 0 saturated carbocycles. The van der Waals surface area contributed by atoms with Gasteiger partial charge in [0.05, 0.1) is 22.5 Å². The minimum absolute atomic E-state index is 0.161. The highest BCUT2D eigenvalue weighted by Crippen LogP contribution is 2.22. The fraction of sp³-hybridized carbons (Fsp3) is 0.0435. The molecule has 0 bridgehead atoms. The zero-order valence-electron chi connectivity index (χ0n) is 17.2. The summed E-state index contributed by atoms with van der Waals surface area (Å²) in [4.78, 5) is 12.3. The lowest BCUT2D eigenvalue weighted by Crippen LogP contribution is -2.10. The van der Waals surface area contributed by atoms with Gasteiger partial charge in [0.15, 0.2) is 0 Å². The molecule has 0 aliphatic heterocycles. The smallest absolute Gasteiger partial charge is 0.267 e. The van der Waals surface area contributed by atoms with E-state index in [2.05, 4.69) is 10.4 Å². The molecule has 0 saturated heterocycles. The summed E-state index contributed by atoms with van der Waals surface area (Å²) in [5.74, 6) is -0.371. The van der Waals surface area contributed by atoms with Crippen molar-refractivity contribution in [2.75, 3.05) is 11.1 Å². The third-order valence-electron chi connectivity index (χ3n) is 4.80. The molecule has 1 amide bonds. The van der Waals surface area contributed by atoms with Gasteiger partial charge in [0.25, 0.3) is 10.0 Å². The van der Waals surface area contributed by atoms with Crippen LogP contribution in [0.1, 0.15) is 5.56 Å². The number of anilines is 2. The zero-order chi connectivity index (χ0) is 22.7. The maximum Gasteiger partial charge on any atom is 0.267 e. The van der Waals surface area contributed by atoms with Crippen molar-refractivity contribution in [3.63, 3.8) is 0 Å². The molecule has 9 heteroatoms. The molecule has 2 aromatic heterocycles. The number of nitrogens with two attached hydrogens (primary N) is 1. The molecule has 2 aromatic carbocycles. The van der Waals surface area contributed by atoms with Crippen LogP contribution >= 0.6 is 0 Å². The first-order valence-corrected chi connectivity index (χ1v) is 11.1. The van der Waals surface area contributed by atoms with Crippen molar-refractivity contribution >= 4 is 33.4 Å². The van der Waals surface area contributed by atoms with Crippen LogP contribution in [0.4, 0.5) is 11.4 Å². The van der Waals surface area contributed by atoms with Crippen molar-refractivity contribution in [3.8, 4) is 11.1 Å². The Morgan fingerprint density at radius 2 is 1.78 bits per heavy atom. The van der Waals surface area contributed by atoms with Crippen molar-refractivity contribution < 1.29 is 13.2 Å². The molecule has 0 atom stereocenters. The van der Waals surface area contributed by atoms with Gasteiger partial charge in [0, 0.05) is 37.3 Å². The number of para-hydroxylation sites is 2. The van der Waals surface area contributed by atoms with Gasteiger partial charge in [-0.15, -0.1) is 0 Å². The number of nitrogens with one attached hydrogen (secondary N) is 1. The van der Waals surface area contributed by atoms with E-state index in [1.807, 2.05) is 13.2 Å². The van der Waals surface area contributed by atoms with Gasteiger partial charge in [-0.1, -0.05) is 24.3 Å². The third kappa shape index (κ3) is 4.47. The standard InChI is InChI=1S/C23H21N5O3S/c1-27-16-19(14-25-27)18-7-9-20(10-8-18)32(30,31)28-13-12-17(15-28)6-11-23(29)26-22-5-3-2-4-21(22)24/h2-16H,24H2,1H3,(H,26,29). The predicted molar refractivity (Wildman–Crippen MR) is 124 cm³/mol. The highest BCUT2D eigenvalue weighted by atomic mass is 32.2. The molecule has 0 fully saturated rings. The summed E-state index contributed by atoms with van der Waals surface area (Å²) in [6, 6.07) is 15.2. The topological polar surface area (TPSA) is 112 Å². The second-order valence-electron chi connectivity index (χ2n) is 7.12. The van der Waals surface area contributed by atoms with E-state index in [4.69, 9.17) is 5.73 Å². The summed E-state index contributed by atoms with van der Waals surface area (Å²) >= 11 is 0. The number of rotatable bonds is 6. The number of amides is 1. The summed E-state index contributed by atoms with van der Waals surface area (Å²) in [6.07, 6.45) is 9.32. The maximum atomic E-state index is 12.9. The van der Waals surface area contributed by atoms with E-state index in [9.17, 15) is 13.2 Å². The molecule has 0 aliphatic carbocycles. The van der Waals surface area contributed by atoms with Crippen LogP contribution in [0.2, 0.25) is 0 Å². The largest absolute Gasteiger partial charge is 0.397 e. The lowest BCUT2D eigenvalue weighted by atomic mass is 10.1. The Morgan fingerprint density at radius 1 is 1.03 bits per heavy atom. The number of carbonyl (C=O) groups is 1. The van der Waals surface area contributed by atoms with Crippen molar-refractivity contribution in [1.29, 1.82) is 0 Å². The van der Waals surface area contributed by atoms with Crippen LogP contribution in [0.3, 0.4) is 0 Å². The van der Waals surface area contributed by atoms with Gasteiger partial charge in [-0.05, 0) is 47.5 Å². The Balaban J connectivity index is 1.48. The molecule has 162 valence electrons. The summed E-state index contributed by atoms with van der Waals surface area (Å²) in [5.41, 5.74) is 9.13. The molecule has 0 aliphatic rings. The second-order valence-corrected chi connectivity index (χ2v) is 8.96. The van der Waals surface area contributed by atoms with E-state index < -0.39 is 10.0 Å². The van der Waals surface area contributed by atoms with Crippen molar-refractivity contribution in [2.24, 2.45) is 7.05 Å². The summed E-state index contributed by atoms with van der Waals surface area (Å²) < 4.78 is 28.7. The molecule has 0 radical (unpaired) electrons. The van der Waals surface area contributed by atoms with Gasteiger partial charge in [-0.2, -0.15) is 5.10 Å². The van der Waals surface area contributed by atoms with Crippen molar-refractivity contribution in [3.05, 3.63) is 91.0 Å². The van der Waals surface area contributed by atoms with Crippen LogP contribution in [0.25, 0.3) is 17.2 Å². The molecule has 0 unspecified atom stereocenters. The molecule has 2 heterocycles. The highest BCUT2D eigenvalue weighted by molar-refractivity contribution is 7.90. The van der Waals surface area contributed by atoms with Crippen molar-refractivity contribution in [2.45, 2.75) is 4.90 Å². The van der Waals surface area contributed by atoms with Crippen LogP contribution in [0, 0.1) is 0 Å². The van der Waals surface area contributed by atoms with Crippen molar-refractivity contribution in [1.82, 2.24) is 13.8 Å². The van der Waals surface area contributed by atoms with Gasteiger partial charge in [-0.3, -0.25) is 9.48 Å². The first kappa shape index (κ1) is 21.1. The number of hydrogen-bond acceptors (Lipinski definition) is 5. The van der Waals surface area contributed by atoms with E-state index in [0.717, 1.165) is 15.1 Å². The van der Waals surface area contributed by atoms with Crippen LogP contribution in [0.15, 0.2) is 90.4 Å². The number of aryl methyl sites for hydroxylation is 1. The lowest BCUT2D eigenvalue weighted by Gasteiger charge is -2.06. The molecule has 4 rings (SSSR count). The number of hydrogen-bond donors (Lipinski definition) is 2. The van der Waals surface area contributed by atoms with Gasteiger partial charge in [-0.25, -0.2) is 12.4 Å². The fourth-order valence-corrected chi connectivity index (χ4v) is 4.31. The molecule has 32 heavy (non-hydrogen) atoms. The normalized spacial score (nSPS) is 11.7. The molecular formula is C23H21N5O3S. The predicted octanol–water partition coefficient (Wildman–Crippen LogP) is 3.36. The Hall–Kier alpha value is -4.11. The summed E-state index contributed by atoms with van der Waals surface area (Å²) in [6.45, 7) is 0. The zero-order valence-corrected chi connectivity index (χ0v) is 18.0. The molecule has 4 aromatic rings. The van der Waals surface area contributed by atoms with Gasteiger partial charge in [0.1, 0.15) is 0 Å². The molecule has 8 nitrogen and oxygen atoms in total. The third-order valence-corrected chi connectivity index (χ3v) is 6.45. The minimum atomic E-state index is -3.76. The fourth-order valence-electron chi connectivity index (χ4n) is 3.11. The first-order chi connectivity index (χ1) is 15.3.